The standard InChI is InChI=1S/C7H4BF7/c9-6-3-4(7(10,11)12)1-2-5(6)8(13,14)15/h1-2H,3H2/q-1. The first-order chi connectivity index (χ1) is 6.62. The van der Waals surface area contributed by atoms with Crippen molar-refractivity contribution in [2.75, 3.05) is 0 Å². The van der Waals surface area contributed by atoms with E-state index in [1.54, 1.807) is 0 Å². The summed E-state index contributed by atoms with van der Waals surface area (Å²) in [6, 6.07) is 0. The van der Waals surface area contributed by atoms with Gasteiger partial charge in [-0.05, 0) is 6.42 Å². The van der Waals surface area contributed by atoms with Crippen LogP contribution < -0.4 is 0 Å². The van der Waals surface area contributed by atoms with E-state index < -0.39 is 36.4 Å². The van der Waals surface area contributed by atoms with Crippen molar-refractivity contribution in [2.45, 2.75) is 12.6 Å². The van der Waals surface area contributed by atoms with Crippen molar-refractivity contribution < 1.29 is 30.5 Å². The molecule has 0 heterocycles. The average molecular weight is 232 g/mol. The van der Waals surface area contributed by atoms with Crippen molar-refractivity contribution in [3.63, 3.8) is 0 Å². The lowest BCUT2D eigenvalue weighted by atomic mass is 9.73. The lowest BCUT2D eigenvalue weighted by Gasteiger charge is -2.24. The van der Waals surface area contributed by atoms with Crippen molar-refractivity contribution in [3.05, 3.63) is 29.4 Å². The third kappa shape index (κ3) is 2.76. The van der Waals surface area contributed by atoms with Gasteiger partial charge in [-0.25, -0.2) is 4.39 Å². The molecule has 0 unspecified atom stereocenters. The molecule has 0 spiro atoms. The summed E-state index contributed by atoms with van der Waals surface area (Å²) in [5, 5.41) is 0. The molecular formula is C7H4BF7-. The third-order valence-corrected chi connectivity index (χ3v) is 1.84. The molecule has 0 nitrogen and oxygen atoms in total. The first kappa shape index (κ1) is 12.1. The fourth-order valence-corrected chi connectivity index (χ4v) is 1.09. The highest BCUT2D eigenvalue weighted by molar-refractivity contribution is 6.67. The van der Waals surface area contributed by atoms with Crippen LogP contribution in [0, 0.1) is 6.42 Å². The molecule has 0 fully saturated rings. The molecule has 0 aromatic heterocycles. The highest BCUT2D eigenvalue weighted by Gasteiger charge is 2.39. The molecule has 1 aliphatic rings. The van der Waals surface area contributed by atoms with Gasteiger partial charge < -0.3 is 12.9 Å². The Bertz CT molecular complexity index is 319. The van der Waals surface area contributed by atoms with Gasteiger partial charge in [0.05, 0.1) is 5.83 Å². The molecule has 0 aromatic rings. The number of hydrogen-bond donors (Lipinski definition) is 0. The Labute approximate surface area is 80.5 Å². The Morgan fingerprint density at radius 2 is 1.67 bits per heavy atom. The van der Waals surface area contributed by atoms with Crippen LogP contribution in [0.15, 0.2) is 22.9 Å². The number of allylic oxidation sites excluding steroid dienone is 4. The van der Waals surface area contributed by atoms with E-state index in [0.29, 0.717) is 0 Å². The lowest BCUT2D eigenvalue weighted by Crippen LogP contribution is -2.24. The Hall–Kier alpha value is -0.945. The molecule has 1 aliphatic carbocycles. The summed E-state index contributed by atoms with van der Waals surface area (Å²) < 4.78 is 84.8. The Morgan fingerprint density at radius 3 is 2.00 bits per heavy atom. The minimum Gasteiger partial charge on any atom is -0.445 e. The van der Waals surface area contributed by atoms with Gasteiger partial charge in [-0.2, -0.15) is 13.2 Å². The zero-order valence-corrected chi connectivity index (χ0v) is 7.08. The lowest BCUT2D eigenvalue weighted by molar-refractivity contribution is -0.0938. The summed E-state index contributed by atoms with van der Waals surface area (Å²) in [6.45, 7) is -5.60. The van der Waals surface area contributed by atoms with Gasteiger partial charge in [0.25, 0.3) is 0 Å². The zero-order valence-electron chi connectivity index (χ0n) is 7.08. The van der Waals surface area contributed by atoms with E-state index >= 15 is 0 Å². The smallest absolute Gasteiger partial charge is 0.445 e. The topological polar surface area (TPSA) is 0 Å². The second kappa shape index (κ2) is 3.57. The second-order valence-electron chi connectivity index (χ2n) is 2.97. The van der Waals surface area contributed by atoms with Crippen LogP contribution in [0.3, 0.4) is 0 Å². The Balaban J connectivity index is 2.90. The van der Waals surface area contributed by atoms with Crippen molar-refractivity contribution in [1.29, 1.82) is 0 Å². The minimum atomic E-state index is -5.60. The highest BCUT2D eigenvalue weighted by atomic mass is 19.4. The maximum absolute atomic E-state index is 12.7. The number of rotatable bonds is 1. The zero-order chi connectivity index (χ0) is 11.9. The molecule has 0 aromatic carbocycles. The second-order valence-corrected chi connectivity index (χ2v) is 2.97. The van der Waals surface area contributed by atoms with Crippen LogP contribution in [-0.2, 0) is 0 Å². The van der Waals surface area contributed by atoms with Crippen LogP contribution >= 0.6 is 0 Å². The summed E-state index contributed by atoms with van der Waals surface area (Å²) in [6.07, 6.45) is -5.76. The molecule has 0 bridgehead atoms. The molecule has 0 atom stereocenters. The van der Waals surface area contributed by atoms with Crippen molar-refractivity contribution in [1.82, 2.24) is 0 Å². The van der Waals surface area contributed by atoms with E-state index in [0.717, 1.165) is 0 Å². The molecule has 85 valence electrons. The Kier molecular flexibility index (Phi) is 2.89. The SMILES string of the molecule is FC1=C([B-](F)(F)F)[CH]C=C(C(F)(F)F)C1. The average Bonchev–Trinajstić information content (AvgIpc) is 1.99. The first-order valence-electron chi connectivity index (χ1n) is 3.82. The van der Waals surface area contributed by atoms with E-state index in [2.05, 4.69) is 0 Å². The monoisotopic (exact) mass is 232 g/mol. The summed E-state index contributed by atoms with van der Waals surface area (Å²) in [5.41, 5.74) is -2.91. The molecule has 15 heavy (non-hydrogen) atoms. The predicted molar refractivity (Wildman–Crippen MR) is 40.3 cm³/mol. The van der Waals surface area contributed by atoms with Gasteiger partial charge in [0.1, 0.15) is 0 Å². The fourth-order valence-electron chi connectivity index (χ4n) is 1.09. The minimum absolute atomic E-state index is 0.127. The number of alkyl halides is 3. The molecule has 1 radical (unpaired) electrons. The van der Waals surface area contributed by atoms with Gasteiger partial charge in [-0.3, -0.25) is 0 Å². The van der Waals surface area contributed by atoms with E-state index in [-0.39, 0.29) is 12.5 Å². The van der Waals surface area contributed by atoms with Gasteiger partial charge in [-0.15, -0.1) is 0 Å². The quantitative estimate of drug-likeness (QED) is 0.477. The van der Waals surface area contributed by atoms with Crippen molar-refractivity contribution in [2.24, 2.45) is 0 Å². The summed E-state index contributed by atoms with van der Waals surface area (Å²) in [7, 11) is 0. The van der Waals surface area contributed by atoms with Crippen molar-refractivity contribution in [3.8, 4) is 0 Å². The molecule has 8 heteroatoms. The normalized spacial score (nSPS) is 19.3. The molecule has 0 saturated carbocycles. The molecule has 0 saturated heterocycles. The molecule has 0 N–H and O–H groups in total. The summed E-state index contributed by atoms with van der Waals surface area (Å²) in [5.74, 6) is -1.78. The van der Waals surface area contributed by atoms with E-state index in [9.17, 15) is 30.5 Å². The predicted octanol–water partition coefficient (Wildman–Crippen LogP) is 3.69. The van der Waals surface area contributed by atoms with Gasteiger partial charge in [-0.1, -0.05) is 11.5 Å². The maximum Gasteiger partial charge on any atom is 0.508 e. The van der Waals surface area contributed by atoms with E-state index in [4.69, 9.17) is 0 Å². The largest absolute Gasteiger partial charge is 0.508 e. The van der Waals surface area contributed by atoms with Crippen LogP contribution in [0.2, 0.25) is 0 Å². The third-order valence-electron chi connectivity index (χ3n) is 1.84. The van der Waals surface area contributed by atoms with Gasteiger partial charge in [0.15, 0.2) is 0 Å². The van der Waals surface area contributed by atoms with Gasteiger partial charge >= 0.3 is 13.2 Å². The maximum atomic E-state index is 12.7. The van der Waals surface area contributed by atoms with E-state index in [1.165, 1.54) is 0 Å². The first-order valence-corrected chi connectivity index (χ1v) is 3.82. The fraction of sp³-hybridized carbons (Fsp3) is 0.286. The van der Waals surface area contributed by atoms with Crippen LogP contribution in [0.25, 0.3) is 0 Å². The van der Waals surface area contributed by atoms with Crippen LogP contribution in [0.1, 0.15) is 6.42 Å². The van der Waals surface area contributed by atoms with E-state index in [1.807, 2.05) is 0 Å². The van der Waals surface area contributed by atoms with Crippen LogP contribution in [0.5, 0.6) is 0 Å². The van der Waals surface area contributed by atoms with Crippen molar-refractivity contribution >= 4 is 6.98 Å². The number of halogens is 7. The van der Waals surface area contributed by atoms with Gasteiger partial charge in [0.2, 0.25) is 0 Å². The molecule has 0 amide bonds. The molecule has 0 aliphatic heterocycles. The molecular weight excluding hydrogens is 228 g/mol. The summed E-state index contributed by atoms with van der Waals surface area (Å²) >= 11 is 0. The van der Waals surface area contributed by atoms with Gasteiger partial charge in [0, 0.05) is 12.0 Å². The highest BCUT2D eigenvalue weighted by Crippen LogP contribution is 2.39. The number of hydrogen-bond acceptors (Lipinski definition) is 0. The van der Waals surface area contributed by atoms with Crippen LogP contribution in [0.4, 0.5) is 30.5 Å². The summed E-state index contributed by atoms with van der Waals surface area (Å²) in [4.78, 5) is 0. The molecule has 1 rings (SSSR count). The van der Waals surface area contributed by atoms with Crippen LogP contribution in [-0.4, -0.2) is 13.2 Å². The Morgan fingerprint density at radius 1 is 1.13 bits per heavy atom.